The molecular weight excluding hydrogens is 356 g/mol. The number of nitro benzene ring substituents is 2. The molecule has 2 aromatic rings. The second kappa shape index (κ2) is 8.52. The van der Waals surface area contributed by atoms with E-state index in [-0.39, 0.29) is 29.0 Å². The molecule has 10 heteroatoms. The third kappa shape index (κ3) is 5.33. The summed E-state index contributed by atoms with van der Waals surface area (Å²) in [6, 6.07) is 10.1. The predicted molar refractivity (Wildman–Crippen MR) is 95.5 cm³/mol. The van der Waals surface area contributed by atoms with Gasteiger partial charge in [0.05, 0.1) is 9.85 Å². The van der Waals surface area contributed by atoms with Crippen molar-refractivity contribution >= 4 is 23.2 Å². The van der Waals surface area contributed by atoms with Gasteiger partial charge in [0, 0.05) is 48.0 Å². The van der Waals surface area contributed by atoms with E-state index in [0.29, 0.717) is 0 Å². The minimum Gasteiger partial charge on any atom is -0.350 e. The highest BCUT2D eigenvalue weighted by molar-refractivity contribution is 5.96. The fourth-order valence-corrected chi connectivity index (χ4v) is 2.23. The number of amides is 2. The summed E-state index contributed by atoms with van der Waals surface area (Å²) in [4.78, 5) is 44.5. The topological polar surface area (TPSA) is 144 Å². The molecule has 0 aromatic heterocycles. The molecule has 0 fully saturated rings. The summed E-state index contributed by atoms with van der Waals surface area (Å²) >= 11 is 0. The molecule has 0 aliphatic rings. The third-order valence-corrected chi connectivity index (χ3v) is 3.58. The molecule has 2 aromatic carbocycles. The van der Waals surface area contributed by atoms with E-state index in [4.69, 9.17) is 0 Å². The number of rotatable bonds is 7. The van der Waals surface area contributed by atoms with Gasteiger partial charge in [-0.25, -0.2) is 0 Å². The minimum atomic E-state index is -0.599. The van der Waals surface area contributed by atoms with Gasteiger partial charge < -0.3 is 10.6 Å². The zero-order chi connectivity index (χ0) is 20.0. The smallest absolute Gasteiger partial charge is 0.270 e. The lowest BCUT2D eigenvalue weighted by Crippen LogP contribution is -2.41. The van der Waals surface area contributed by atoms with Crippen molar-refractivity contribution in [2.24, 2.45) is 0 Å². The summed E-state index contributed by atoms with van der Waals surface area (Å²) in [5.74, 6) is -1.04. The van der Waals surface area contributed by atoms with Crippen molar-refractivity contribution < 1.29 is 19.4 Å². The molecule has 0 radical (unpaired) electrons. The fraction of sp³-hybridized carbons (Fsp3) is 0.176. The summed E-state index contributed by atoms with van der Waals surface area (Å²) in [5, 5.41) is 26.7. The van der Waals surface area contributed by atoms with E-state index in [1.807, 2.05) is 0 Å². The average molecular weight is 372 g/mol. The van der Waals surface area contributed by atoms with Crippen LogP contribution in [0.25, 0.3) is 0 Å². The number of nitrogens with zero attached hydrogens (tertiary/aromatic N) is 2. The van der Waals surface area contributed by atoms with E-state index >= 15 is 0 Å². The Bertz CT molecular complexity index is 898. The van der Waals surface area contributed by atoms with E-state index in [1.54, 1.807) is 6.92 Å². The Kier molecular flexibility index (Phi) is 6.15. The second-order valence-electron chi connectivity index (χ2n) is 5.70. The zero-order valence-corrected chi connectivity index (χ0v) is 14.2. The molecule has 0 bridgehead atoms. The fourth-order valence-electron chi connectivity index (χ4n) is 2.23. The Labute approximate surface area is 153 Å². The summed E-state index contributed by atoms with van der Waals surface area (Å²) in [6.45, 7) is 1.71. The quantitative estimate of drug-likeness (QED) is 0.562. The summed E-state index contributed by atoms with van der Waals surface area (Å²) < 4.78 is 0. The number of carbonyl (C=O) groups excluding carboxylic acids is 2. The molecule has 1 atom stereocenters. The minimum absolute atomic E-state index is 0.0716. The van der Waals surface area contributed by atoms with Gasteiger partial charge in [-0.1, -0.05) is 12.1 Å². The largest absolute Gasteiger partial charge is 0.350 e. The van der Waals surface area contributed by atoms with Crippen LogP contribution in [-0.2, 0) is 0 Å². The first-order valence-corrected chi connectivity index (χ1v) is 7.86. The standard InChI is InChI=1S/C17H16N4O6/c1-11(19-17(23)13-5-3-7-15(9-13)21(26)27)10-18-16(22)12-4-2-6-14(8-12)20(24)25/h2-9,11H,10H2,1H3,(H,18,22)(H,19,23)/t11-/m0/s1. The highest BCUT2D eigenvalue weighted by Crippen LogP contribution is 2.14. The average Bonchev–Trinajstić information content (AvgIpc) is 2.66. The monoisotopic (exact) mass is 372 g/mol. The van der Waals surface area contributed by atoms with Crippen LogP contribution < -0.4 is 10.6 Å². The zero-order valence-electron chi connectivity index (χ0n) is 14.2. The Balaban J connectivity index is 1.93. The van der Waals surface area contributed by atoms with Crippen LogP contribution in [0.5, 0.6) is 0 Å². The number of hydrogen-bond donors (Lipinski definition) is 2. The highest BCUT2D eigenvalue weighted by atomic mass is 16.6. The van der Waals surface area contributed by atoms with Crippen LogP contribution in [0.1, 0.15) is 27.6 Å². The van der Waals surface area contributed by atoms with Crippen LogP contribution >= 0.6 is 0 Å². The maximum absolute atomic E-state index is 12.1. The Morgan fingerprint density at radius 1 is 0.926 bits per heavy atom. The van der Waals surface area contributed by atoms with Crippen molar-refractivity contribution in [2.75, 3.05) is 6.54 Å². The van der Waals surface area contributed by atoms with Gasteiger partial charge in [-0.3, -0.25) is 29.8 Å². The molecule has 0 spiro atoms. The van der Waals surface area contributed by atoms with Crippen LogP contribution in [0, 0.1) is 20.2 Å². The Morgan fingerprint density at radius 2 is 1.41 bits per heavy atom. The summed E-state index contributed by atoms with van der Waals surface area (Å²) in [5.41, 5.74) is -0.147. The molecular formula is C17H16N4O6. The van der Waals surface area contributed by atoms with E-state index in [9.17, 15) is 29.8 Å². The number of nitrogens with one attached hydrogen (secondary N) is 2. The number of carbonyl (C=O) groups is 2. The van der Waals surface area contributed by atoms with E-state index in [1.165, 1.54) is 36.4 Å². The van der Waals surface area contributed by atoms with Gasteiger partial charge in [-0.2, -0.15) is 0 Å². The molecule has 0 unspecified atom stereocenters. The normalized spacial score (nSPS) is 11.3. The van der Waals surface area contributed by atoms with E-state index in [2.05, 4.69) is 10.6 Å². The molecule has 0 aliphatic carbocycles. The molecule has 10 nitrogen and oxygen atoms in total. The van der Waals surface area contributed by atoms with E-state index in [0.717, 1.165) is 12.1 Å². The maximum Gasteiger partial charge on any atom is 0.270 e. The van der Waals surface area contributed by atoms with Crippen molar-refractivity contribution in [3.8, 4) is 0 Å². The maximum atomic E-state index is 12.1. The highest BCUT2D eigenvalue weighted by Gasteiger charge is 2.15. The van der Waals surface area contributed by atoms with Gasteiger partial charge >= 0.3 is 0 Å². The van der Waals surface area contributed by atoms with Gasteiger partial charge in [-0.15, -0.1) is 0 Å². The molecule has 2 rings (SSSR count). The van der Waals surface area contributed by atoms with E-state index < -0.39 is 27.7 Å². The second-order valence-corrected chi connectivity index (χ2v) is 5.70. The Hall–Kier alpha value is -3.82. The molecule has 27 heavy (non-hydrogen) atoms. The van der Waals surface area contributed by atoms with Gasteiger partial charge in [-0.05, 0) is 19.1 Å². The first-order valence-electron chi connectivity index (χ1n) is 7.86. The van der Waals surface area contributed by atoms with Gasteiger partial charge in [0.15, 0.2) is 0 Å². The SMILES string of the molecule is C[C@@H](CNC(=O)c1cccc([N+](=O)[O-])c1)NC(=O)c1cccc([N+](=O)[O-])c1. The lowest BCUT2D eigenvalue weighted by atomic mass is 10.1. The number of non-ortho nitro benzene ring substituents is 2. The van der Waals surface area contributed by atoms with Crippen molar-refractivity contribution in [1.29, 1.82) is 0 Å². The van der Waals surface area contributed by atoms with Crippen LogP contribution in [0.15, 0.2) is 48.5 Å². The molecule has 2 amide bonds. The first kappa shape index (κ1) is 19.5. The molecule has 0 aliphatic heterocycles. The lowest BCUT2D eigenvalue weighted by Gasteiger charge is -2.15. The first-order chi connectivity index (χ1) is 12.8. The van der Waals surface area contributed by atoms with Crippen LogP contribution in [-0.4, -0.2) is 34.2 Å². The van der Waals surface area contributed by atoms with Crippen LogP contribution in [0.3, 0.4) is 0 Å². The van der Waals surface area contributed by atoms with Gasteiger partial charge in [0.25, 0.3) is 23.2 Å². The molecule has 0 saturated heterocycles. The molecule has 2 N–H and O–H groups in total. The number of hydrogen-bond acceptors (Lipinski definition) is 6. The number of benzene rings is 2. The number of nitro groups is 2. The van der Waals surface area contributed by atoms with Crippen molar-refractivity contribution in [2.45, 2.75) is 13.0 Å². The third-order valence-electron chi connectivity index (χ3n) is 3.58. The van der Waals surface area contributed by atoms with Crippen molar-refractivity contribution in [3.05, 3.63) is 79.9 Å². The molecule has 0 saturated carbocycles. The lowest BCUT2D eigenvalue weighted by molar-refractivity contribution is -0.385. The van der Waals surface area contributed by atoms with Gasteiger partial charge in [0.1, 0.15) is 0 Å². The van der Waals surface area contributed by atoms with Crippen molar-refractivity contribution in [1.82, 2.24) is 10.6 Å². The summed E-state index contributed by atoms with van der Waals surface area (Å²) in [6.07, 6.45) is 0. The van der Waals surface area contributed by atoms with Crippen LogP contribution in [0.4, 0.5) is 11.4 Å². The molecule has 140 valence electrons. The van der Waals surface area contributed by atoms with Crippen molar-refractivity contribution in [3.63, 3.8) is 0 Å². The van der Waals surface area contributed by atoms with Gasteiger partial charge in [0.2, 0.25) is 0 Å². The summed E-state index contributed by atoms with van der Waals surface area (Å²) in [7, 11) is 0. The van der Waals surface area contributed by atoms with Crippen LogP contribution in [0.2, 0.25) is 0 Å². The predicted octanol–water partition coefficient (Wildman–Crippen LogP) is 2.05. The molecule has 0 heterocycles. The Morgan fingerprint density at radius 3 is 1.89 bits per heavy atom.